The zero-order valence-electron chi connectivity index (χ0n) is 16.4. The molecule has 3 heterocycles. The highest BCUT2D eigenvalue weighted by atomic mass is 15.2. The monoisotopic (exact) mass is 361 g/mol. The average molecular weight is 361 g/mol. The summed E-state index contributed by atoms with van der Waals surface area (Å²) in [7, 11) is 0. The van der Waals surface area contributed by atoms with E-state index in [9.17, 15) is 0 Å². The molecule has 0 atom stereocenters. The Hall–Kier alpha value is -2.53. The summed E-state index contributed by atoms with van der Waals surface area (Å²) in [6.45, 7) is 10.2. The molecule has 140 valence electrons. The molecule has 0 fully saturated rings. The molecule has 0 N–H and O–H groups in total. The van der Waals surface area contributed by atoms with E-state index in [2.05, 4.69) is 70.5 Å². The first-order valence-electron chi connectivity index (χ1n) is 9.59. The van der Waals surface area contributed by atoms with Crippen LogP contribution in [0.1, 0.15) is 49.1 Å². The Kier molecular flexibility index (Phi) is 4.79. The molecular formula is C22H27N5. The van der Waals surface area contributed by atoms with E-state index in [1.54, 1.807) is 0 Å². The van der Waals surface area contributed by atoms with Crippen molar-refractivity contribution in [3.05, 3.63) is 77.4 Å². The molecule has 0 amide bonds. The highest BCUT2D eigenvalue weighted by Crippen LogP contribution is 2.23. The molecule has 0 radical (unpaired) electrons. The Morgan fingerprint density at radius 2 is 1.85 bits per heavy atom. The molecule has 5 nitrogen and oxygen atoms in total. The van der Waals surface area contributed by atoms with Gasteiger partial charge in [0.05, 0.1) is 12.0 Å². The van der Waals surface area contributed by atoms with E-state index >= 15 is 0 Å². The van der Waals surface area contributed by atoms with E-state index in [4.69, 9.17) is 4.98 Å². The van der Waals surface area contributed by atoms with Gasteiger partial charge in [-0.1, -0.05) is 51.1 Å². The third kappa shape index (κ3) is 4.08. The molecule has 0 saturated heterocycles. The van der Waals surface area contributed by atoms with E-state index in [1.165, 1.54) is 22.5 Å². The van der Waals surface area contributed by atoms with Crippen LogP contribution < -0.4 is 0 Å². The highest BCUT2D eigenvalue weighted by molar-refractivity contribution is 5.23. The smallest absolute Gasteiger partial charge is 0.133 e. The van der Waals surface area contributed by atoms with E-state index < -0.39 is 0 Å². The van der Waals surface area contributed by atoms with Crippen molar-refractivity contribution < 1.29 is 0 Å². The lowest BCUT2D eigenvalue weighted by Gasteiger charge is -2.29. The third-order valence-corrected chi connectivity index (χ3v) is 5.06. The Morgan fingerprint density at radius 1 is 1.04 bits per heavy atom. The van der Waals surface area contributed by atoms with Gasteiger partial charge in [-0.15, -0.1) is 0 Å². The molecule has 2 aromatic heterocycles. The third-order valence-electron chi connectivity index (χ3n) is 5.06. The standard InChI is InChI=1S/C22H27N5/c1-22(2,3)21-24-11-18-14-26(10-9-20(18)25-21)15-19-12-23-16-27(19)13-17-7-5-4-6-8-17/h4-8,11-12,16H,9-10,13-15H2,1-3H3. The molecule has 0 spiro atoms. The Labute approximate surface area is 161 Å². The van der Waals surface area contributed by atoms with E-state index in [0.29, 0.717) is 0 Å². The van der Waals surface area contributed by atoms with Crippen LogP contribution in [-0.4, -0.2) is 31.0 Å². The Morgan fingerprint density at radius 3 is 2.63 bits per heavy atom. The van der Waals surface area contributed by atoms with Gasteiger partial charge in [0, 0.05) is 61.7 Å². The number of rotatable bonds is 4. The second-order valence-corrected chi connectivity index (χ2v) is 8.37. The summed E-state index contributed by atoms with van der Waals surface area (Å²) in [6.07, 6.45) is 6.92. The van der Waals surface area contributed by atoms with Crippen LogP contribution in [0.2, 0.25) is 0 Å². The van der Waals surface area contributed by atoms with Crippen molar-refractivity contribution in [1.29, 1.82) is 0 Å². The fourth-order valence-electron chi connectivity index (χ4n) is 3.50. The van der Waals surface area contributed by atoms with E-state index in [-0.39, 0.29) is 5.41 Å². The lowest BCUT2D eigenvalue weighted by molar-refractivity contribution is 0.236. The summed E-state index contributed by atoms with van der Waals surface area (Å²) >= 11 is 0. The Bertz CT molecular complexity index is 908. The van der Waals surface area contributed by atoms with Gasteiger partial charge < -0.3 is 4.57 Å². The predicted molar refractivity (Wildman–Crippen MR) is 106 cm³/mol. The maximum Gasteiger partial charge on any atom is 0.133 e. The van der Waals surface area contributed by atoms with Gasteiger partial charge in [-0.25, -0.2) is 15.0 Å². The van der Waals surface area contributed by atoms with Crippen molar-refractivity contribution in [1.82, 2.24) is 24.4 Å². The van der Waals surface area contributed by atoms with Crippen molar-refractivity contribution in [2.75, 3.05) is 6.54 Å². The number of benzene rings is 1. The number of fused-ring (bicyclic) bond motifs is 1. The minimum absolute atomic E-state index is 0.00387. The van der Waals surface area contributed by atoms with Gasteiger partial charge in [0.2, 0.25) is 0 Å². The van der Waals surface area contributed by atoms with Gasteiger partial charge in [-0.3, -0.25) is 4.90 Å². The fourth-order valence-corrected chi connectivity index (χ4v) is 3.50. The molecule has 3 aromatic rings. The lowest BCUT2D eigenvalue weighted by atomic mass is 9.95. The van der Waals surface area contributed by atoms with Crippen LogP contribution in [0.5, 0.6) is 0 Å². The average Bonchev–Trinajstić information content (AvgIpc) is 3.08. The maximum absolute atomic E-state index is 4.83. The van der Waals surface area contributed by atoms with Gasteiger partial charge in [0.1, 0.15) is 5.82 Å². The van der Waals surface area contributed by atoms with E-state index in [0.717, 1.165) is 38.4 Å². The largest absolute Gasteiger partial charge is 0.329 e. The summed E-state index contributed by atoms with van der Waals surface area (Å²) in [4.78, 5) is 16.3. The molecular weight excluding hydrogens is 334 g/mol. The van der Waals surface area contributed by atoms with Crippen molar-refractivity contribution in [2.24, 2.45) is 0 Å². The normalized spacial score (nSPS) is 14.9. The second kappa shape index (κ2) is 7.24. The van der Waals surface area contributed by atoms with Gasteiger partial charge in [-0.05, 0) is 5.56 Å². The molecule has 1 aromatic carbocycles. The minimum Gasteiger partial charge on any atom is -0.329 e. The molecule has 1 aliphatic heterocycles. The summed E-state index contributed by atoms with van der Waals surface area (Å²) in [6, 6.07) is 10.5. The SMILES string of the molecule is CC(C)(C)c1ncc2c(n1)CCN(Cc1cncn1Cc1ccccc1)C2. The summed E-state index contributed by atoms with van der Waals surface area (Å²) in [5.41, 5.74) is 5.00. The quantitative estimate of drug-likeness (QED) is 0.713. The van der Waals surface area contributed by atoms with Gasteiger partial charge in [0.25, 0.3) is 0 Å². The van der Waals surface area contributed by atoms with Crippen LogP contribution in [-0.2, 0) is 31.5 Å². The molecule has 4 rings (SSSR count). The molecule has 5 heteroatoms. The predicted octanol–water partition coefficient (Wildman–Crippen LogP) is 3.58. The molecule has 0 aliphatic carbocycles. The zero-order valence-corrected chi connectivity index (χ0v) is 16.4. The van der Waals surface area contributed by atoms with Crippen LogP contribution in [0.4, 0.5) is 0 Å². The molecule has 1 aliphatic rings. The highest BCUT2D eigenvalue weighted by Gasteiger charge is 2.23. The number of hydrogen-bond acceptors (Lipinski definition) is 4. The van der Waals surface area contributed by atoms with Crippen molar-refractivity contribution in [3.63, 3.8) is 0 Å². The van der Waals surface area contributed by atoms with Gasteiger partial charge in [-0.2, -0.15) is 0 Å². The number of imidazole rings is 1. The van der Waals surface area contributed by atoms with Crippen molar-refractivity contribution >= 4 is 0 Å². The lowest BCUT2D eigenvalue weighted by Crippen LogP contribution is -2.32. The molecule has 27 heavy (non-hydrogen) atoms. The molecule has 0 bridgehead atoms. The maximum atomic E-state index is 4.83. The summed E-state index contributed by atoms with van der Waals surface area (Å²) in [5, 5.41) is 0. The van der Waals surface area contributed by atoms with Crippen LogP contribution >= 0.6 is 0 Å². The van der Waals surface area contributed by atoms with Crippen LogP contribution in [0.25, 0.3) is 0 Å². The first kappa shape index (κ1) is 17.9. The van der Waals surface area contributed by atoms with Crippen LogP contribution in [0.15, 0.2) is 49.1 Å². The Balaban J connectivity index is 1.46. The number of aromatic nitrogens is 4. The summed E-state index contributed by atoms with van der Waals surface area (Å²) in [5.74, 6) is 0.940. The van der Waals surface area contributed by atoms with Gasteiger partial charge in [0.15, 0.2) is 0 Å². The number of hydrogen-bond donors (Lipinski definition) is 0. The van der Waals surface area contributed by atoms with Crippen LogP contribution in [0.3, 0.4) is 0 Å². The molecule has 0 saturated carbocycles. The topological polar surface area (TPSA) is 46.8 Å². The number of nitrogens with zero attached hydrogens (tertiary/aromatic N) is 5. The van der Waals surface area contributed by atoms with Gasteiger partial charge >= 0.3 is 0 Å². The first-order valence-corrected chi connectivity index (χ1v) is 9.59. The second-order valence-electron chi connectivity index (χ2n) is 8.37. The zero-order chi connectivity index (χ0) is 18.9. The van der Waals surface area contributed by atoms with E-state index in [1.807, 2.05) is 18.7 Å². The minimum atomic E-state index is -0.00387. The molecule has 0 unspecified atom stereocenters. The van der Waals surface area contributed by atoms with Crippen molar-refractivity contribution in [3.8, 4) is 0 Å². The summed E-state index contributed by atoms with van der Waals surface area (Å²) < 4.78 is 2.24. The fraction of sp³-hybridized carbons (Fsp3) is 0.409. The first-order chi connectivity index (χ1) is 13.0. The van der Waals surface area contributed by atoms with Crippen LogP contribution in [0, 0.1) is 0 Å². The van der Waals surface area contributed by atoms with Crippen molar-refractivity contribution in [2.45, 2.75) is 52.2 Å².